The first-order chi connectivity index (χ1) is 36.2. The molecule has 10 rings (SSSR count). The molecule has 0 saturated carbocycles. The molecule has 0 aliphatic carbocycles. The molecule has 6 heteroatoms. The average Bonchev–Trinajstić information content (AvgIpc) is 2.84. The molecule has 0 aliphatic rings. The molecular weight excluding hydrogens is 949 g/mol. The number of nitrogens with zero attached hydrogens (tertiary/aromatic N) is 6. The van der Waals surface area contributed by atoms with E-state index in [0.717, 1.165) is 98.0 Å². The van der Waals surface area contributed by atoms with Gasteiger partial charge in [0.1, 0.15) is 17.8 Å². The van der Waals surface area contributed by atoms with E-state index in [4.69, 9.17) is 0 Å². The lowest BCUT2D eigenvalue weighted by Gasteiger charge is -2.27. The van der Waals surface area contributed by atoms with Crippen LogP contribution in [0.2, 0.25) is 0 Å². The second-order valence-corrected chi connectivity index (χ2v) is 29.0. The highest BCUT2D eigenvalue weighted by molar-refractivity contribution is 6.56. The van der Waals surface area contributed by atoms with E-state index < -0.39 is 17.8 Å². The van der Waals surface area contributed by atoms with Gasteiger partial charge in [-0.2, -0.15) is 31.6 Å². The maximum atomic E-state index is 10.5. The van der Waals surface area contributed by atoms with Gasteiger partial charge in [-0.25, -0.2) is 0 Å². The summed E-state index contributed by atoms with van der Waals surface area (Å²) in [6.45, 7) is 40.6. The zero-order chi connectivity index (χ0) is 57.0. The monoisotopic (exact) mass is 1020 g/mol. The van der Waals surface area contributed by atoms with Crippen molar-refractivity contribution in [3.63, 3.8) is 0 Å². The van der Waals surface area contributed by atoms with Crippen molar-refractivity contribution in [3.05, 3.63) is 105 Å². The SMILES string of the molecule is CC(C)(C)c1cc2c(CC(C#N)C#N)c(C(C)(C)C)cc3c2c(c1)c1c2c4cc(C(C)(C)C)c(CC(C#N)C#N)c5cc(C(C)(C)C)cc(c54)c2c2c4cc(C(C)(C)C)c(CC(C#N)C#N)c5cc(C(C)(C)C)cc(c54)c2c31. The van der Waals surface area contributed by atoms with E-state index in [9.17, 15) is 31.6 Å². The van der Waals surface area contributed by atoms with Gasteiger partial charge in [0.15, 0.2) is 0 Å². The maximum Gasteiger partial charge on any atom is 0.137 e. The Bertz CT molecular complexity index is 3870. The van der Waals surface area contributed by atoms with Crippen molar-refractivity contribution in [2.45, 2.75) is 176 Å². The van der Waals surface area contributed by atoms with Crippen LogP contribution in [0, 0.1) is 85.7 Å². The molecule has 0 bridgehead atoms. The standard InChI is InChI=1S/C72H72N6/c1-67(2,3)40-22-46-43(19-37(31-73)32-74)55(70(10,11)12)28-52-58(46)49(25-40)61-64(52)62-51-27-42(69(7,8)9)24-48-45(21-39(35-77)36-78)57(72(16,17)18)30-54(60(48)51)66(62)63-50-26-41(68(4,5)6)23-47-44(20-38(33-75)34-76)56(71(13,14)15)29-53(59(47)50)65(61)63/h22-30,37-39H,19-21H2,1-18H3. The molecule has 6 nitrogen and oxygen atoms in total. The van der Waals surface area contributed by atoms with Crippen molar-refractivity contribution < 1.29 is 0 Å². The Morgan fingerprint density at radius 1 is 0.256 bits per heavy atom. The van der Waals surface area contributed by atoms with Gasteiger partial charge in [0.05, 0.1) is 36.4 Å². The van der Waals surface area contributed by atoms with Crippen LogP contribution >= 0.6 is 0 Å². The predicted octanol–water partition coefficient (Wildman–Crippen LogP) is 18.8. The van der Waals surface area contributed by atoms with Crippen LogP contribution in [0.5, 0.6) is 0 Å². The summed E-state index contributed by atoms with van der Waals surface area (Å²) in [6.07, 6.45) is 0.889. The molecule has 0 unspecified atom stereocenters. The number of hydrogen-bond donors (Lipinski definition) is 0. The minimum Gasteiger partial charge on any atom is -0.197 e. The van der Waals surface area contributed by atoms with Crippen LogP contribution in [0.4, 0.5) is 0 Å². The first-order valence-corrected chi connectivity index (χ1v) is 27.8. The molecule has 390 valence electrons. The van der Waals surface area contributed by atoms with Crippen molar-refractivity contribution in [3.8, 4) is 36.4 Å². The van der Waals surface area contributed by atoms with Gasteiger partial charge in [-0.1, -0.05) is 143 Å². The second-order valence-electron chi connectivity index (χ2n) is 29.0. The van der Waals surface area contributed by atoms with Gasteiger partial charge in [-0.15, -0.1) is 0 Å². The molecule has 0 aromatic heterocycles. The largest absolute Gasteiger partial charge is 0.197 e. The van der Waals surface area contributed by atoms with E-state index in [1.54, 1.807) is 0 Å². The van der Waals surface area contributed by atoms with Crippen LogP contribution < -0.4 is 0 Å². The van der Waals surface area contributed by atoms with Crippen molar-refractivity contribution in [1.82, 2.24) is 0 Å². The number of benzene rings is 7. The molecule has 10 aromatic rings. The summed E-state index contributed by atoms with van der Waals surface area (Å²) in [4.78, 5) is 0. The molecule has 10 aromatic carbocycles. The highest BCUT2D eigenvalue weighted by Gasteiger charge is 2.36. The minimum absolute atomic E-state index is 0.281. The van der Waals surface area contributed by atoms with E-state index >= 15 is 0 Å². The molecule has 0 amide bonds. The fraction of sp³-hybridized carbons (Fsp3) is 0.417. The number of rotatable bonds is 6. The quantitative estimate of drug-likeness (QED) is 0.162. The Kier molecular flexibility index (Phi) is 12.0. The summed E-state index contributed by atoms with van der Waals surface area (Å²) in [7, 11) is 0. The summed E-state index contributed by atoms with van der Waals surface area (Å²) < 4.78 is 0. The highest BCUT2D eigenvalue weighted by Crippen LogP contribution is 2.59. The molecule has 0 saturated heterocycles. The number of hydrogen-bond acceptors (Lipinski definition) is 6. The Morgan fingerprint density at radius 3 is 0.603 bits per heavy atom. The summed E-state index contributed by atoms with van der Waals surface area (Å²) in [5.74, 6) is -2.53. The lowest BCUT2D eigenvalue weighted by Crippen LogP contribution is -2.17. The molecule has 0 heterocycles. The van der Waals surface area contributed by atoms with E-state index in [1.165, 1.54) is 49.0 Å². The lowest BCUT2D eigenvalue weighted by atomic mass is 9.77. The molecule has 0 radical (unpaired) electrons. The Hall–Kier alpha value is -7.74. The third-order valence-corrected chi connectivity index (χ3v) is 17.3. The number of nitriles is 6. The molecule has 0 aliphatic heterocycles. The summed E-state index contributed by atoms with van der Waals surface area (Å²) in [5, 5.41) is 83.4. The maximum absolute atomic E-state index is 10.5. The number of fused-ring (bicyclic) bond motifs is 12. The Labute approximate surface area is 461 Å². The van der Waals surface area contributed by atoms with Gasteiger partial charge in [-0.05, 0) is 216 Å². The molecule has 0 N–H and O–H groups in total. The zero-order valence-corrected chi connectivity index (χ0v) is 49.2. The van der Waals surface area contributed by atoms with E-state index in [0.29, 0.717) is 19.3 Å². The molecule has 0 atom stereocenters. The first-order valence-electron chi connectivity index (χ1n) is 27.8. The third-order valence-electron chi connectivity index (χ3n) is 17.3. The predicted molar refractivity (Wildman–Crippen MR) is 325 cm³/mol. The van der Waals surface area contributed by atoms with Gasteiger partial charge in [0.2, 0.25) is 0 Å². The molecule has 0 spiro atoms. The van der Waals surface area contributed by atoms with Crippen LogP contribution in [0.15, 0.2) is 54.6 Å². The van der Waals surface area contributed by atoms with Crippen molar-refractivity contribution >= 4 is 97.0 Å². The molecule has 78 heavy (non-hydrogen) atoms. The summed E-state index contributed by atoms with van der Waals surface area (Å²) in [5.41, 5.74) is 8.00. The van der Waals surface area contributed by atoms with Crippen LogP contribution in [0.3, 0.4) is 0 Å². The fourth-order valence-corrected chi connectivity index (χ4v) is 13.3. The topological polar surface area (TPSA) is 143 Å². The summed E-state index contributed by atoms with van der Waals surface area (Å²) in [6, 6.07) is 35.7. The van der Waals surface area contributed by atoms with Gasteiger partial charge >= 0.3 is 0 Å². The van der Waals surface area contributed by atoms with Crippen molar-refractivity contribution in [1.29, 1.82) is 31.6 Å². The normalized spacial score (nSPS) is 13.4. The molecular formula is C72H72N6. The van der Waals surface area contributed by atoms with Gasteiger partial charge < -0.3 is 0 Å². The van der Waals surface area contributed by atoms with Crippen LogP contribution in [0.1, 0.15) is 175 Å². The van der Waals surface area contributed by atoms with Crippen molar-refractivity contribution in [2.75, 3.05) is 0 Å². The zero-order valence-electron chi connectivity index (χ0n) is 49.2. The first kappa shape index (κ1) is 53.6. The third kappa shape index (κ3) is 8.02. The highest BCUT2D eigenvalue weighted by atomic mass is 14.4. The van der Waals surface area contributed by atoms with Crippen molar-refractivity contribution in [2.24, 2.45) is 17.8 Å². The van der Waals surface area contributed by atoms with Gasteiger partial charge in [0.25, 0.3) is 0 Å². The van der Waals surface area contributed by atoms with Crippen LogP contribution in [-0.2, 0) is 51.8 Å². The second kappa shape index (κ2) is 17.4. The van der Waals surface area contributed by atoms with Gasteiger partial charge in [-0.3, -0.25) is 0 Å². The van der Waals surface area contributed by atoms with E-state index in [-0.39, 0.29) is 32.5 Å². The minimum atomic E-state index is -0.842. The van der Waals surface area contributed by atoms with Crippen LogP contribution in [0.25, 0.3) is 97.0 Å². The average molecular weight is 1020 g/mol. The van der Waals surface area contributed by atoms with Crippen LogP contribution in [-0.4, -0.2) is 0 Å². The van der Waals surface area contributed by atoms with Gasteiger partial charge in [0, 0.05) is 19.3 Å². The van der Waals surface area contributed by atoms with E-state index in [1.807, 2.05) is 0 Å². The lowest BCUT2D eigenvalue weighted by molar-refractivity contribution is 0.580. The Balaban J connectivity index is 1.68. The molecule has 0 fully saturated rings. The fourth-order valence-electron chi connectivity index (χ4n) is 13.3. The van der Waals surface area contributed by atoms with E-state index in [2.05, 4.69) is 216 Å². The summed E-state index contributed by atoms with van der Waals surface area (Å²) >= 11 is 0. The Morgan fingerprint density at radius 2 is 0.436 bits per heavy atom. The smallest absolute Gasteiger partial charge is 0.137 e.